The number of anilines is 1. The molecule has 30 heavy (non-hydrogen) atoms. The van der Waals surface area contributed by atoms with Crippen LogP contribution >= 0.6 is 22.9 Å². The highest BCUT2D eigenvalue weighted by molar-refractivity contribution is 7.13. The number of ether oxygens (including phenoxy) is 1. The molecule has 10 heteroatoms. The number of rotatable bonds is 10. The van der Waals surface area contributed by atoms with Crippen LogP contribution in [0.5, 0.6) is 5.75 Å². The number of oxime groups is 1. The molecule has 0 fully saturated rings. The van der Waals surface area contributed by atoms with Gasteiger partial charge in [-0.05, 0) is 38.1 Å². The first-order valence-electron chi connectivity index (χ1n) is 9.54. The van der Waals surface area contributed by atoms with Crippen molar-refractivity contribution in [2.24, 2.45) is 17.9 Å². The van der Waals surface area contributed by atoms with Gasteiger partial charge >= 0.3 is 0 Å². The van der Waals surface area contributed by atoms with Gasteiger partial charge in [0.05, 0.1) is 23.3 Å². The molecule has 160 valence electrons. The van der Waals surface area contributed by atoms with Crippen LogP contribution in [0, 0.1) is 0 Å². The molecule has 0 atom stereocenters. The monoisotopic (exact) mass is 449 g/mol. The molecule has 4 N–H and O–H groups in total. The number of hydrogen-bond donors (Lipinski definition) is 2. The normalized spacial score (nSPS) is 11.7. The molecule has 8 nitrogen and oxygen atoms in total. The lowest BCUT2D eigenvalue weighted by molar-refractivity contribution is -0.753. The van der Waals surface area contributed by atoms with E-state index in [4.69, 9.17) is 32.6 Å². The number of halogens is 1. The number of aryl methyl sites for hydroxylation is 2. The lowest BCUT2D eigenvalue weighted by Crippen LogP contribution is -2.38. The fourth-order valence-electron chi connectivity index (χ4n) is 2.83. The molecule has 0 saturated carbocycles. The van der Waals surface area contributed by atoms with E-state index in [1.165, 1.54) is 11.3 Å². The predicted molar refractivity (Wildman–Crippen MR) is 120 cm³/mol. The highest BCUT2D eigenvalue weighted by Crippen LogP contribution is 2.30. The highest BCUT2D eigenvalue weighted by Gasteiger charge is 2.14. The average Bonchev–Trinajstić information content (AvgIpc) is 3.31. The summed E-state index contributed by atoms with van der Waals surface area (Å²) >= 11 is 7.86. The van der Waals surface area contributed by atoms with E-state index >= 15 is 0 Å². The Balaban J connectivity index is 1.53. The van der Waals surface area contributed by atoms with Crippen LogP contribution in [0.15, 0.2) is 41.1 Å². The number of benzene rings is 1. The summed E-state index contributed by atoms with van der Waals surface area (Å²) in [5, 5.41) is 6.99. The molecular formula is C20H26ClN6O2S+. The van der Waals surface area contributed by atoms with Gasteiger partial charge in [0.25, 0.3) is 0 Å². The first kappa shape index (κ1) is 22.1. The van der Waals surface area contributed by atoms with E-state index in [0.717, 1.165) is 24.1 Å². The fourth-order valence-corrected chi connectivity index (χ4v) is 3.72. The zero-order valence-electron chi connectivity index (χ0n) is 17.0. The standard InChI is InChI=1S/C20H26ClN6O2S/c1-14(19-13-30-20(23)24-19)25-29-9-8-28-16-4-5-17(18(21)10-16)15-11-26(2)27(12-15)7-3-6-22/h4-5,10-13H,3,6-9,22H2,1-2H3,(H2,23,24)/q+1/b25-14+. The Kier molecular flexibility index (Phi) is 7.67. The molecule has 0 radical (unpaired) electrons. The Bertz CT molecular complexity index is 1020. The molecule has 0 bridgehead atoms. The minimum atomic E-state index is 0.302. The average molecular weight is 450 g/mol. The van der Waals surface area contributed by atoms with E-state index in [-0.39, 0.29) is 0 Å². The maximum absolute atomic E-state index is 6.49. The summed E-state index contributed by atoms with van der Waals surface area (Å²) in [4.78, 5) is 9.44. The van der Waals surface area contributed by atoms with Gasteiger partial charge in [-0.25, -0.2) is 4.98 Å². The van der Waals surface area contributed by atoms with Crippen LogP contribution in [0.1, 0.15) is 19.0 Å². The van der Waals surface area contributed by atoms with Gasteiger partial charge in [-0.1, -0.05) is 16.8 Å². The first-order valence-corrected chi connectivity index (χ1v) is 10.8. The van der Waals surface area contributed by atoms with E-state index in [1.54, 1.807) is 6.07 Å². The number of nitrogens with zero attached hydrogens (tertiary/aromatic N) is 4. The molecule has 0 aliphatic rings. The van der Waals surface area contributed by atoms with Crippen LogP contribution < -0.4 is 20.9 Å². The summed E-state index contributed by atoms with van der Waals surface area (Å²) in [5.74, 6) is 0.673. The van der Waals surface area contributed by atoms with Crippen molar-refractivity contribution in [3.05, 3.63) is 46.7 Å². The first-order chi connectivity index (χ1) is 14.5. The van der Waals surface area contributed by atoms with Crippen LogP contribution in [0.2, 0.25) is 5.02 Å². The Morgan fingerprint density at radius 2 is 2.20 bits per heavy atom. The molecule has 0 saturated heterocycles. The van der Waals surface area contributed by atoms with Crippen molar-refractivity contribution in [3.63, 3.8) is 0 Å². The Labute approximate surface area is 184 Å². The number of hydrogen-bond acceptors (Lipinski definition) is 7. The molecule has 1 aromatic carbocycles. The van der Waals surface area contributed by atoms with Crippen molar-refractivity contribution in [2.45, 2.75) is 19.9 Å². The van der Waals surface area contributed by atoms with Crippen molar-refractivity contribution < 1.29 is 14.3 Å². The van der Waals surface area contributed by atoms with Crippen LogP contribution in [0.4, 0.5) is 5.13 Å². The van der Waals surface area contributed by atoms with E-state index in [9.17, 15) is 0 Å². The Morgan fingerprint density at radius 1 is 1.37 bits per heavy atom. The maximum atomic E-state index is 6.49. The van der Waals surface area contributed by atoms with Crippen LogP contribution in [-0.4, -0.2) is 35.1 Å². The molecule has 0 unspecified atom stereocenters. The fraction of sp³-hybridized carbons (Fsp3) is 0.350. The van der Waals surface area contributed by atoms with Gasteiger partial charge in [0.15, 0.2) is 18.8 Å². The van der Waals surface area contributed by atoms with Gasteiger partial charge in [0.1, 0.15) is 23.8 Å². The van der Waals surface area contributed by atoms with Crippen molar-refractivity contribution in [1.29, 1.82) is 0 Å². The van der Waals surface area contributed by atoms with Crippen molar-refractivity contribution in [2.75, 3.05) is 25.5 Å². The molecule has 3 rings (SSSR count). The lowest BCUT2D eigenvalue weighted by atomic mass is 10.1. The Hall–Kier alpha value is -2.62. The second-order valence-corrected chi connectivity index (χ2v) is 7.96. The van der Waals surface area contributed by atoms with Crippen molar-refractivity contribution in [3.8, 4) is 16.9 Å². The van der Waals surface area contributed by atoms with Crippen LogP contribution in [0.3, 0.4) is 0 Å². The third kappa shape index (κ3) is 5.71. The maximum Gasteiger partial charge on any atom is 0.203 e. The van der Waals surface area contributed by atoms with E-state index in [1.807, 2.05) is 42.4 Å². The summed E-state index contributed by atoms with van der Waals surface area (Å²) in [7, 11) is 2.00. The van der Waals surface area contributed by atoms with Gasteiger partial charge in [0, 0.05) is 10.9 Å². The quantitative estimate of drug-likeness (QED) is 0.214. The lowest BCUT2D eigenvalue weighted by Gasteiger charge is -2.08. The second kappa shape index (κ2) is 10.4. The second-order valence-electron chi connectivity index (χ2n) is 6.66. The zero-order chi connectivity index (χ0) is 21.5. The molecular weight excluding hydrogens is 424 g/mol. The minimum Gasteiger partial charge on any atom is -0.490 e. The number of nitrogen functional groups attached to an aromatic ring is 1. The number of nitrogens with two attached hydrogens (primary N) is 2. The van der Waals surface area contributed by atoms with Crippen molar-refractivity contribution >= 4 is 33.8 Å². The van der Waals surface area contributed by atoms with E-state index < -0.39 is 0 Å². The van der Waals surface area contributed by atoms with Gasteiger partial charge < -0.3 is 21.0 Å². The summed E-state index contributed by atoms with van der Waals surface area (Å²) in [6.45, 7) is 3.99. The summed E-state index contributed by atoms with van der Waals surface area (Å²) in [6, 6.07) is 5.65. The van der Waals surface area contributed by atoms with Gasteiger partial charge in [0.2, 0.25) is 6.20 Å². The Morgan fingerprint density at radius 3 is 2.90 bits per heavy atom. The topological polar surface area (TPSA) is 105 Å². The summed E-state index contributed by atoms with van der Waals surface area (Å²) < 4.78 is 9.86. The largest absolute Gasteiger partial charge is 0.490 e. The van der Waals surface area contributed by atoms with Gasteiger partial charge in [-0.3, -0.25) is 0 Å². The van der Waals surface area contributed by atoms with Crippen LogP contribution in [0.25, 0.3) is 11.1 Å². The molecule has 2 aromatic heterocycles. The number of thiazole rings is 1. The van der Waals surface area contributed by atoms with Gasteiger partial charge in [-0.2, -0.15) is 4.68 Å². The molecule has 0 spiro atoms. The summed E-state index contributed by atoms with van der Waals surface area (Å²) in [5.41, 5.74) is 14.6. The van der Waals surface area contributed by atoms with E-state index in [0.29, 0.717) is 47.1 Å². The molecule has 2 heterocycles. The van der Waals surface area contributed by atoms with Crippen LogP contribution in [-0.2, 0) is 18.4 Å². The summed E-state index contributed by atoms with van der Waals surface area (Å²) in [6.07, 6.45) is 5.04. The molecule has 0 amide bonds. The highest BCUT2D eigenvalue weighted by atomic mass is 35.5. The molecule has 0 aliphatic carbocycles. The molecule has 3 aromatic rings. The third-order valence-electron chi connectivity index (χ3n) is 4.40. The van der Waals surface area contributed by atoms with Gasteiger partial charge in [-0.15, -0.1) is 16.0 Å². The predicted octanol–water partition coefficient (Wildman–Crippen LogP) is 2.84. The number of aromatic nitrogens is 3. The smallest absolute Gasteiger partial charge is 0.203 e. The zero-order valence-corrected chi connectivity index (χ0v) is 18.6. The SMILES string of the molecule is C/C(=N\OCCOc1ccc(-c2cn(CCCN)[n+](C)c2)c(Cl)c1)c1csc(N)n1. The minimum absolute atomic E-state index is 0.302. The third-order valence-corrected chi connectivity index (χ3v) is 5.39. The van der Waals surface area contributed by atoms with Crippen molar-refractivity contribution in [1.82, 2.24) is 9.67 Å². The molecule has 0 aliphatic heterocycles. The van der Waals surface area contributed by atoms with E-state index in [2.05, 4.69) is 21.0 Å².